The molecule has 1 N–H and O–H groups in total. The molecule has 1 heterocycles. The van der Waals surface area contributed by atoms with Crippen molar-refractivity contribution in [3.63, 3.8) is 0 Å². The highest BCUT2D eigenvalue weighted by Crippen LogP contribution is 2.29. The number of fused-ring (bicyclic) bond motifs is 1. The first-order chi connectivity index (χ1) is 13.6. The molecule has 0 saturated carbocycles. The first-order valence-corrected chi connectivity index (χ1v) is 10.6. The van der Waals surface area contributed by atoms with Crippen molar-refractivity contribution in [1.82, 2.24) is 4.98 Å². The van der Waals surface area contributed by atoms with Gasteiger partial charge in [-0.05, 0) is 73.6 Å². The maximum atomic E-state index is 12.2. The number of rotatable bonds is 5. The van der Waals surface area contributed by atoms with Crippen LogP contribution in [-0.4, -0.2) is 17.5 Å². The number of aryl methyl sites for hydroxylation is 3. The number of aromatic nitrogens is 1. The van der Waals surface area contributed by atoms with E-state index in [0.717, 1.165) is 23.2 Å². The van der Waals surface area contributed by atoms with E-state index in [2.05, 4.69) is 28.5 Å². The lowest BCUT2D eigenvalue weighted by atomic mass is 9.90. The van der Waals surface area contributed by atoms with Crippen LogP contribution in [0.15, 0.2) is 41.8 Å². The summed E-state index contributed by atoms with van der Waals surface area (Å²) in [6, 6.07) is 11.9. The predicted octanol–water partition coefficient (Wildman–Crippen LogP) is 5.67. The van der Waals surface area contributed by atoms with Gasteiger partial charge in [-0.15, -0.1) is 11.3 Å². The number of nitrogens with one attached hydrogen (secondary N) is 1. The van der Waals surface area contributed by atoms with Crippen LogP contribution in [0.25, 0.3) is 11.3 Å². The number of carbonyl (C=O) groups is 1. The van der Waals surface area contributed by atoms with E-state index < -0.39 is 0 Å². The molecular weight excluding hydrogens is 392 g/mol. The first kappa shape index (κ1) is 19.0. The second-order valence-corrected chi connectivity index (χ2v) is 8.27. The Bertz CT molecular complexity index is 1020. The van der Waals surface area contributed by atoms with E-state index in [1.807, 2.05) is 12.3 Å². The van der Waals surface area contributed by atoms with Crippen molar-refractivity contribution in [2.45, 2.75) is 32.6 Å². The van der Waals surface area contributed by atoms with Crippen LogP contribution in [0.3, 0.4) is 0 Å². The molecule has 2 aromatic carbocycles. The number of hydrogen-bond acceptors (Lipinski definition) is 4. The predicted molar refractivity (Wildman–Crippen MR) is 115 cm³/mol. The van der Waals surface area contributed by atoms with Crippen molar-refractivity contribution in [2.75, 3.05) is 11.9 Å². The Morgan fingerprint density at radius 1 is 1.18 bits per heavy atom. The highest BCUT2D eigenvalue weighted by atomic mass is 35.5. The average Bonchev–Trinajstić information content (AvgIpc) is 3.15. The Kier molecular flexibility index (Phi) is 5.64. The van der Waals surface area contributed by atoms with E-state index in [9.17, 15) is 4.79 Å². The second-order valence-electron chi connectivity index (χ2n) is 6.98. The molecule has 1 aromatic heterocycles. The number of hydrogen-bond donors (Lipinski definition) is 1. The standard InChI is InChI=1S/C22H21ClN2O2S/c1-14-10-18(23)8-9-20(14)27-12-21(26)25-22-24-19(13-28-22)17-7-6-15-4-2-3-5-16(15)11-17/h6-11,13H,2-5,12H2,1H3,(H,24,25,26). The summed E-state index contributed by atoms with van der Waals surface area (Å²) in [7, 11) is 0. The van der Waals surface area contributed by atoms with Crippen LogP contribution < -0.4 is 10.1 Å². The summed E-state index contributed by atoms with van der Waals surface area (Å²) in [5.41, 5.74) is 5.76. The molecular formula is C22H21ClN2O2S. The van der Waals surface area contributed by atoms with Crippen LogP contribution in [0.4, 0.5) is 5.13 Å². The second kappa shape index (κ2) is 8.33. The van der Waals surface area contributed by atoms with Gasteiger partial charge in [0, 0.05) is 16.0 Å². The third kappa shape index (κ3) is 4.37. The smallest absolute Gasteiger partial charge is 0.264 e. The molecule has 0 fully saturated rings. The van der Waals surface area contributed by atoms with Crippen molar-refractivity contribution < 1.29 is 9.53 Å². The van der Waals surface area contributed by atoms with E-state index in [4.69, 9.17) is 16.3 Å². The molecule has 0 atom stereocenters. The fourth-order valence-corrected chi connectivity index (χ4v) is 4.39. The highest BCUT2D eigenvalue weighted by molar-refractivity contribution is 7.14. The Labute approximate surface area is 173 Å². The monoisotopic (exact) mass is 412 g/mol. The summed E-state index contributed by atoms with van der Waals surface area (Å²) < 4.78 is 5.59. The van der Waals surface area contributed by atoms with Crippen molar-refractivity contribution in [2.24, 2.45) is 0 Å². The zero-order chi connectivity index (χ0) is 19.5. The summed E-state index contributed by atoms with van der Waals surface area (Å²) in [5.74, 6) is 0.411. The molecule has 0 radical (unpaired) electrons. The highest BCUT2D eigenvalue weighted by Gasteiger charge is 2.13. The number of carbonyl (C=O) groups excluding carboxylic acids is 1. The third-order valence-electron chi connectivity index (χ3n) is 4.89. The zero-order valence-corrected chi connectivity index (χ0v) is 17.2. The molecule has 4 nitrogen and oxygen atoms in total. The molecule has 0 spiro atoms. The lowest BCUT2D eigenvalue weighted by molar-refractivity contribution is -0.118. The van der Waals surface area contributed by atoms with Gasteiger partial charge in [-0.2, -0.15) is 0 Å². The lowest BCUT2D eigenvalue weighted by Gasteiger charge is -2.16. The van der Waals surface area contributed by atoms with E-state index >= 15 is 0 Å². The first-order valence-electron chi connectivity index (χ1n) is 9.35. The van der Waals surface area contributed by atoms with E-state index in [1.165, 1.54) is 41.7 Å². The van der Waals surface area contributed by atoms with Gasteiger partial charge in [0.25, 0.3) is 5.91 Å². The minimum absolute atomic E-state index is 0.0732. The van der Waals surface area contributed by atoms with Crippen LogP contribution in [0.1, 0.15) is 29.5 Å². The molecule has 144 valence electrons. The zero-order valence-electron chi connectivity index (χ0n) is 15.6. The maximum absolute atomic E-state index is 12.2. The topological polar surface area (TPSA) is 51.2 Å². The molecule has 1 aliphatic rings. The van der Waals surface area contributed by atoms with Gasteiger partial charge in [0.05, 0.1) is 5.69 Å². The van der Waals surface area contributed by atoms with Gasteiger partial charge >= 0.3 is 0 Å². The van der Waals surface area contributed by atoms with Gasteiger partial charge in [0.2, 0.25) is 0 Å². The van der Waals surface area contributed by atoms with Crippen molar-refractivity contribution >= 4 is 34.0 Å². The van der Waals surface area contributed by atoms with Crippen LogP contribution in [-0.2, 0) is 17.6 Å². The van der Waals surface area contributed by atoms with Gasteiger partial charge in [-0.1, -0.05) is 23.7 Å². The minimum Gasteiger partial charge on any atom is -0.483 e. The molecule has 3 aromatic rings. The molecule has 0 unspecified atom stereocenters. The number of thiazole rings is 1. The van der Waals surface area contributed by atoms with Crippen molar-refractivity contribution in [3.8, 4) is 17.0 Å². The summed E-state index contributed by atoms with van der Waals surface area (Å²) >= 11 is 7.36. The van der Waals surface area contributed by atoms with Crippen molar-refractivity contribution in [1.29, 1.82) is 0 Å². The normalized spacial score (nSPS) is 13.1. The average molecular weight is 413 g/mol. The largest absolute Gasteiger partial charge is 0.483 e. The number of anilines is 1. The number of ether oxygens (including phenoxy) is 1. The third-order valence-corrected chi connectivity index (χ3v) is 5.88. The van der Waals surface area contributed by atoms with Gasteiger partial charge in [-0.3, -0.25) is 10.1 Å². The number of nitrogens with zero attached hydrogens (tertiary/aromatic N) is 1. The molecule has 0 bridgehead atoms. The van der Waals surface area contributed by atoms with Gasteiger partial charge in [0.15, 0.2) is 11.7 Å². The van der Waals surface area contributed by atoms with Crippen LogP contribution in [0.5, 0.6) is 5.75 Å². The molecule has 1 aliphatic carbocycles. The fourth-order valence-electron chi connectivity index (χ4n) is 3.43. The quantitative estimate of drug-likeness (QED) is 0.587. The van der Waals surface area contributed by atoms with E-state index in [1.54, 1.807) is 18.2 Å². The van der Waals surface area contributed by atoms with Gasteiger partial charge < -0.3 is 4.74 Å². The number of halogens is 1. The van der Waals surface area contributed by atoms with E-state index in [-0.39, 0.29) is 12.5 Å². The van der Waals surface area contributed by atoms with Gasteiger partial charge in [0.1, 0.15) is 5.75 Å². The summed E-state index contributed by atoms with van der Waals surface area (Å²) in [6.07, 6.45) is 4.83. The summed E-state index contributed by atoms with van der Waals surface area (Å²) in [5, 5.41) is 6.01. The van der Waals surface area contributed by atoms with E-state index in [0.29, 0.717) is 15.9 Å². The van der Waals surface area contributed by atoms with Crippen LogP contribution >= 0.6 is 22.9 Å². The fraction of sp³-hybridized carbons (Fsp3) is 0.273. The van der Waals surface area contributed by atoms with Gasteiger partial charge in [-0.25, -0.2) is 4.98 Å². The van der Waals surface area contributed by atoms with Crippen LogP contribution in [0.2, 0.25) is 5.02 Å². The Morgan fingerprint density at radius 2 is 2.00 bits per heavy atom. The maximum Gasteiger partial charge on any atom is 0.264 e. The summed E-state index contributed by atoms with van der Waals surface area (Å²) in [4.78, 5) is 16.8. The Hall–Kier alpha value is -2.37. The molecule has 4 rings (SSSR count). The number of amides is 1. The molecule has 28 heavy (non-hydrogen) atoms. The Balaban J connectivity index is 1.38. The molecule has 0 aliphatic heterocycles. The molecule has 1 amide bonds. The molecule has 6 heteroatoms. The number of benzene rings is 2. The van der Waals surface area contributed by atoms with Crippen molar-refractivity contribution in [3.05, 3.63) is 63.5 Å². The summed E-state index contributed by atoms with van der Waals surface area (Å²) in [6.45, 7) is 1.82. The Morgan fingerprint density at radius 3 is 2.82 bits per heavy atom. The molecule has 0 saturated heterocycles. The lowest BCUT2D eigenvalue weighted by Crippen LogP contribution is -2.20. The minimum atomic E-state index is -0.235. The SMILES string of the molecule is Cc1cc(Cl)ccc1OCC(=O)Nc1nc(-c2ccc3c(c2)CCCC3)cs1. The van der Waals surface area contributed by atoms with Crippen LogP contribution in [0, 0.1) is 6.92 Å².